The smallest absolute Gasteiger partial charge is 0.139 e. The van der Waals surface area contributed by atoms with Crippen LogP contribution in [0, 0.1) is 6.92 Å². The summed E-state index contributed by atoms with van der Waals surface area (Å²) in [6.45, 7) is 13.2. The third-order valence-corrected chi connectivity index (χ3v) is 4.71. The Bertz CT molecular complexity index is 771. The van der Waals surface area contributed by atoms with Crippen molar-refractivity contribution in [3.63, 3.8) is 0 Å². The molecule has 2 rings (SSSR count). The molecule has 0 amide bonds. The van der Waals surface area contributed by atoms with Gasteiger partial charge >= 0.3 is 0 Å². The first-order valence-corrected chi connectivity index (χ1v) is 9.50. The third kappa shape index (κ3) is 4.07. The molecule has 0 heterocycles. The van der Waals surface area contributed by atoms with Crippen molar-refractivity contribution in [1.29, 1.82) is 0 Å². The SMILES string of the molecule is C/C=C\N(C(=NC)c1ccccc1C)c1c(C(C)C)cccc1C(C)C. The van der Waals surface area contributed by atoms with Gasteiger partial charge in [-0.15, -0.1) is 0 Å². The van der Waals surface area contributed by atoms with Gasteiger partial charge in [0.2, 0.25) is 0 Å². The van der Waals surface area contributed by atoms with Gasteiger partial charge in [0.1, 0.15) is 5.84 Å². The van der Waals surface area contributed by atoms with Gasteiger partial charge in [-0.2, -0.15) is 0 Å². The molecule has 2 aromatic carbocycles. The van der Waals surface area contributed by atoms with Gasteiger partial charge in [0.05, 0.1) is 5.69 Å². The van der Waals surface area contributed by atoms with E-state index in [2.05, 4.69) is 101 Å². The van der Waals surface area contributed by atoms with Gasteiger partial charge in [-0.1, -0.05) is 76.2 Å². The van der Waals surface area contributed by atoms with E-state index >= 15 is 0 Å². The van der Waals surface area contributed by atoms with Crippen LogP contribution in [0.5, 0.6) is 0 Å². The highest BCUT2D eigenvalue weighted by Crippen LogP contribution is 2.36. The summed E-state index contributed by atoms with van der Waals surface area (Å²) in [7, 11) is 1.88. The average molecular weight is 349 g/mol. The van der Waals surface area contributed by atoms with Crippen LogP contribution in [-0.4, -0.2) is 12.9 Å². The van der Waals surface area contributed by atoms with Crippen LogP contribution in [-0.2, 0) is 0 Å². The largest absolute Gasteiger partial charge is 0.301 e. The molecule has 0 saturated heterocycles. The number of hydrogen-bond acceptors (Lipinski definition) is 1. The Kier molecular flexibility index (Phi) is 6.79. The molecule has 0 saturated carbocycles. The Morgan fingerprint density at radius 3 is 1.96 bits per heavy atom. The number of hydrogen-bond donors (Lipinski definition) is 0. The van der Waals surface area contributed by atoms with E-state index in [4.69, 9.17) is 4.99 Å². The molecular weight excluding hydrogens is 316 g/mol. The van der Waals surface area contributed by atoms with Gasteiger partial charge in [-0.25, -0.2) is 0 Å². The van der Waals surface area contributed by atoms with Crippen LogP contribution in [0.15, 0.2) is 59.7 Å². The number of anilines is 1. The predicted octanol–water partition coefficient (Wildman–Crippen LogP) is 6.66. The highest BCUT2D eigenvalue weighted by Gasteiger charge is 2.22. The number of allylic oxidation sites excluding steroid dienone is 1. The zero-order chi connectivity index (χ0) is 19.3. The van der Waals surface area contributed by atoms with E-state index in [0.717, 1.165) is 5.84 Å². The molecule has 2 heteroatoms. The highest BCUT2D eigenvalue weighted by molar-refractivity contribution is 6.12. The first kappa shape index (κ1) is 20.0. The van der Waals surface area contributed by atoms with Crippen molar-refractivity contribution in [3.8, 4) is 0 Å². The number of amidine groups is 1. The quantitative estimate of drug-likeness (QED) is 0.436. The molecule has 2 aromatic rings. The van der Waals surface area contributed by atoms with E-state index < -0.39 is 0 Å². The van der Waals surface area contributed by atoms with E-state index in [1.165, 1.54) is 27.9 Å². The molecule has 0 aliphatic heterocycles. The van der Waals surface area contributed by atoms with Crippen molar-refractivity contribution in [2.45, 2.75) is 53.4 Å². The maximum Gasteiger partial charge on any atom is 0.139 e. The summed E-state index contributed by atoms with van der Waals surface area (Å²) in [5.41, 5.74) is 6.37. The Hall–Kier alpha value is -2.35. The van der Waals surface area contributed by atoms with Crippen molar-refractivity contribution < 1.29 is 0 Å². The third-order valence-electron chi connectivity index (χ3n) is 4.71. The summed E-state index contributed by atoms with van der Waals surface area (Å²) in [6, 6.07) is 15.1. The number of nitrogens with zero attached hydrogens (tertiary/aromatic N) is 2. The molecule has 0 aliphatic rings. The fourth-order valence-corrected chi connectivity index (χ4v) is 3.37. The van der Waals surface area contributed by atoms with Crippen molar-refractivity contribution in [2.24, 2.45) is 4.99 Å². The Balaban J connectivity index is 2.77. The maximum absolute atomic E-state index is 4.71. The molecular formula is C24H32N2. The molecule has 0 radical (unpaired) electrons. The number of para-hydroxylation sites is 1. The molecule has 0 fully saturated rings. The van der Waals surface area contributed by atoms with E-state index in [0.29, 0.717) is 11.8 Å². The van der Waals surface area contributed by atoms with Crippen LogP contribution in [0.25, 0.3) is 0 Å². The van der Waals surface area contributed by atoms with Gasteiger partial charge < -0.3 is 4.90 Å². The monoisotopic (exact) mass is 348 g/mol. The molecule has 0 spiro atoms. The number of aliphatic imine (C=N–C) groups is 1. The lowest BCUT2D eigenvalue weighted by molar-refractivity contribution is 0.832. The van der Waals surface area contributed by atoms with E-state index in [1.807, 2.05) is 7.05 Å². The lowest BCUT2D eigenvalue weighted by Crippen LogP contribution is -2.29. The summed E-state index contributed by atoms with van der Waals surface area (Å²) >= 11 is 0. The fourth-order valence-electron chi connectivity index (χ4n) is 3.37. The van der Waals surface area contributed by atoms with Crippen LogP contribution >= 0.6 is 0 Å². The molecule has 0 unspecified atom stereocenters. The van der Waals surface area contributed by atoms with Crippen molar-refractivity contribution in [2.75, 3.05) is 11.9 Å². The van der Waals surface area contributed by atoms with E-state index in [-0.39, 0.29) is 0 Å². The van der Waals surface area contributed by atoms with Gasteiger partial charge in [-0.05, 0) is 42.4 Å². The van der Waals surface area contributed by atoms with Crippen molar-refractivity contribution in [1.82, 2.24) is 0 Å². The average Bonchev–Trinajstić information content (AvgIpc) is 2.62. The summed E-state index contributed by atoms with van der Waals surface area (Å²) < 4.78 is 0. The van der Waals surface area contributed by atoms with E-state index in [9.17, 15) is 0 Å². The van der Waals surface area contributed by atoms with Crippen LogP contribution < -0.4 is 4.90 Å². The van der Waals surface area contributed by atoms with Gasteiger partial charge in [0.25, 0.3) is 0 Å². The van der Waals surface area contributed by atoms with Gasteiger partial charge in [0.15, 0.2) is 0 Å². The first-order valence-electron chi connectivity index (χ1n) is 9.50. The molecule has 2 nitrogen and oxygen atoms in total. The minimum Gasteiger partial charge on any atom is -0.301 e. The Morgan fingerprint density at radius 2 is 1.50 bits per heavy atom. The topological polar surface area (TPSA) is 15.6 Å². The molecule has 0 N–H and O–H groups in total. The molecule has 0 aliphatic carbocycles. The van der Waals surface area contributed by atoms with Crippen molar-refractivity contribution in [3.05, 3.63) is 77.0 Å². The van der Waals surface area contributed by atoms with Crippen molar-refractivity contribution >= 4 is 11.5 Å². The standard InChI is InChI=1S/C24H32N2/c1-8-16-26(24(25-7)22-13-10-9-12-19(22)6)23-20(17(2)3)14-11-15-21(23)18(4)5/h8-18H,1-7H3/b16-8-,25-24?. The minimum absolute atomic E-state index is 0.437. The number of benzene rings is 2. The van der Waals surface area contributed by atoms with Crippen LogP contribution in [0.4, 0.5) is 5.69 Å². The maximum atomic E-state index is 4.71. The summed E-state index contributed by atoms with van der Waals surface area (Å²) in [4.78, 5) is 6.98. The van der Waals surface area contributed by atoms with Crippen LogP contribution in [0.2, 0.25) is 0 Å². The van der Waals surface area contributed by atoms with Crippen LogP contribution in [0.1, 0.15) is 68.7 Å². The Morgan fingerprint density at radius 1 is 0.923 bits per heavy atom. The lowest BCUT2D eigenvalue weighted by Gasteiger charge is -2.30. The first-order chi connectivity index (χ1) is 12.4. The normalized spacial score (nSPS) is 12.4. The number of aryl methyl sites for hydroxylation is 1. The van der Waals surface area contributed by atoms with E-state index in [1.54, 1.807) is 0 Å². The second kappa shape index (κ2) is 8.84. The zero-order valence-electron chi connectivity index (χ0n) is 17.2. The summed E-state index contributed by atoms with van der Waals surface area (Å²) in [6.07, 6.45) is 4.23. The molecule has 0 bridgehead atoms. The molecule has 26 heavy (non-hydrogen) atoms. The Labute approximate surface area is 159 Å². The number of rotatable bonds is 5. The van der Waals surface area contributed by atoms with Gasteiger partial charge in [-0.3, -0.25) is 4.99 Å². The minimum atomic E-state index is 0.437. The summed E-state index contributed by atoms with van der Waals surface area (Å²) in [5.74, 6) is 1.86. The van der Waals surface area contributed by atoms with Crippen LogP contribution in [0.3, 0.4) is 0 Å². The molecule has 0 atom stereocenters. The van der Waals surface area contributed by atoms with Gasteiger partial charge in [0, 0.05) is 18.8 Å². The highest BCUT2D eigenvalue weighted by atomic mass is 15.2. The molecule has 0 aromatic heterocycles. The second-order valence-electron chi connectivity index (χ2n) is 7.31. The fraction of sp³-hybridized carbons (Fsp3) is 0.375. The second-order valence-corrected chi connectivity index (χ2v) is 7.31. The summed E-state index contributed by atoms with van der Waals surface area (Å²) in [5, 5.41) is 0. The zero-order valence-corrected chi connectivity index (χ0v) is 17.2. The predicted molar refractivity (Wildman–Crippen MR) is 116 cm³/mol. The lowest BCUT2D eigenvalue weighted by atomic mass is 9.91. The molecule has 138 valence electrons.